The summed E-state index contributed by atoms with van der Waals surface area (Å²) in [6, 6.07) is 11.6. The first-order valence-corrected chi connectivity index (χ1v) is 15.7. The largest absolute Gasteiger partial charge is 0.496 e. The number of fused-ring (bicyclic) bond motifs is 2. The van der Waals surface area contributed by atoms with Crippen LogP contribution >= 0.6 is 0 Å². The van der Waals surface area contributed by atoms with Crippen LogP contribution in [0.5, 0.6) is 5.75 Å². The van der Waals surface area contributed by atoms with Crippen LogP contribution in [0.1, 0.15) is 29.5 Å². The van der Waals surface area contributed by atoms with Crippen LogP contribution in [-0.4, -0.2) is 91.2 Å². The third-order valence-corrected chi connectivity index (χ3v) is 9.47. The summed E-state index contributed by atoms with van der Waals surface area (Å²) in [7, 11) is 1.42. The summed E-state index contributed by atoms with van der Waals surface area (Å²) < 4.78 is 127. The summed E-state index contributed by atoms with van der Waals surface area (Å²) in [6.45, 7) is -3.70. The van der Waals surface area contributed by atoms with E-state index in [9.17, 15) is 54.2 Å². The molecular weight excluding hydrogens is 685 g/mol. The minimum absolute atomic E-state index is 0.0144. The highest BCUT2D eigenvalue weighted by molar-refractivity contribution is 6.01. The van der Waals surface area contributed by atoms with Crippen molar-refractivity contribution in [2.75, 3.05) is 39.8 Å². The number of nitrogens with zero attached hydrogens (tertiary/aromatic N) is 2. The highest BCUT2D eigenvalue weighted by atomic mass is 19.4. The molecule has 50 heavy (non-hydrogen) atoms. The van der Waals surface area contributed by atoms with Crippen molar-refractivity contribution in [3.05, 3.63) is 65.2 Å². The molecule has 0 bridgehead atoms. The van der Waals surface area contributed by atoms with Gasteiger partial charge in [-0.05, 0) is 71.4 Å². The molecule has 5 rings (SSSR count). The van der Waals surface area contributed by atoms with Crippen molar-refractivity contribution in [3.63, 3.8) is 0 Å². The van der Waals surface area contributed by atoms with Crippen LogP contribution in [0.25, 0.3) is 21.9 Å². The second kappa shape index (κ2) is 13.9. The average molecular weight is 720 g/mol. The monoisotopic (exact) mass is 719 g/mol. The lowest BCUT2D eigenvalue weighted by atomic mass is 9.76. The van der Waals surface area contributed by atoms with Crippen LogP contribution in [0, 0.1) is 5.41 Å². The molecular formula is C34H34F9N3O4. The fourth-order valence-electron chi connectivity index (χ4n) is 6.99. The van der Waals surface area contributed by atoms with Gasteiger partial charge in [-0.2, -0.15) is 39.5 Å². The van der Waals surface area contributed by atoms with Gasteiger partial charge in [0.25, 0.3) is 0 Å². The molecule has 2 heterocycles. The quantitative estimate of drug-likeness (QED) is 0.238. The number of methoxy groups -OCH3 is 1. The Balaban J connectivity index is 1.47. The molecule has 0 unspecified atom stereocenters. The van der Waals surface area contributed by atoms with Gasteiger partial charge in [-0.1, -0.05) is 42.5 Å². The molecule has 0 radical (unpaired) electrons. The van der Waals surface area contributed by atoms with Crippen LogP contribution in [-0.2, 0) is 29.0 Å². The third kappa shape index (κ3) is 7.96. The van der Waals surface area contributed by atoms with Crippen LogP contribution in [0.3, 0.4) is 0 Å². The molecule has 7 nitrogen and oxygen atoms in total. The maximum Gasteiger partial charge on any atom is 0.403 e. The van der Waals surface area contributed by atoms with Crippen molar-refractivity contribution < 1.29 is 58.9 Å². The van der Waals surface area contributed by atoms with Crippen molar-refractivity contribution in [1.82, 2.24) is 15.1 Å². The molecule has 2 aliphatic rings. The maximum absolute atomic E-state index is 14.4. The van der Waals surface area contributed by atoms with Crippen LogP contribution in [0.4, 0.5) is 39.5 Å². The van der Waals surface area contributed by atoms with E-state index in [4.69, 9.17) is 4.74 Å². The average Bonchev–Trinajstić information content (AvgIpc) is 3.02. The van der Waals surface area contributed by atoms with E-state index in [0.717, 1.165) is 10.5 Å². The molecule has 1 saturated heterocycles. The molecule has 0 aromatic heterocycles. The van der Waals surface area contributed by atoms with E-state index in [1.54, 1.807) is 48.5 Å². The van der Waals surface area contributed by atoms with Gasteiger partial charge in [-0.25, -0.2) is 4.79 Å². The summed E-state index contributed by atoms with van der Waals surface area (Å²) in [6.07, 6.45) is -16.3. The van der Waals surface area contributed by atoms with Crippen LogP contribution in [0.15, 0.2) is 48.5 Å². The zero-order valence-corrected chi connectivity index (χ0v) is 26.7. The van der Waals surface area contributed by atoms with Crippen molar-refractivity contribution in [3.8, 4) is 16.9 Å². The lowest BCUT2D eigenvalue weighted by Gasteiger charge is -2.42. The molecule has 2 aliphatic heterocycles. The highest BCUT2D eigenvalue weighted by Gasteiger charge is 2.61. The first-order valence-electron chi connectivity index (χ1n) is 15.7. The number of carbonyl (C=O) groups is 2. The number of ether oxygens (including phenoxy) is 1. The lowest BCUT2D eigenvalue weighted by molar-refractivity contribution is -0.236. The summed E-state index contributed by atoms with van der Waals surface area (Å²) in [5.41, 5.74) is -0.148. The van der Waals surface area contributed by atoms with Crippen molar-refractivity contribution in [2.24, 2.45) is 5.41 Å². The van der Waals surface area contributed by atoms with Gasteiger partial charge in [0, 0.05) is 25.1 Å². The van der Waals surface area contributed by atoms with Gasteiger partial charge < -0.3 is 15.2 Å². The minimum atomic E-state index is -5.16. The Morgan fingerprint density at radius 2 is 1.48 bits per heavy atom. The van der Waals surface area contributed by atoms with Gasteiger partial charge in [-0.3, -0.25) is 14.6 Å². The first kappa shape index (κ1) is 37.2. The minimum Gasteiger partial charge on any atom is -0.496 e. The Kier molecular flexibility index (Phi) is 10.4. The number of nitrogens with one attached hydrogen (secondary N) is 1. The third-order valence-electron chi connectivity index (χ3n) is 9.47. The van der Waals surface area contributed by atoms with E-state index >= 15 is 0 Å². The summed E-state index contributed by atoms with van der Waals surface area (Å²) >= 11 is 0. The van der Waals surface area contributed by atoms with E-state index in [1.165, 1.54) is 12.0 Å². The number of hydrogen-bond donors (Lipinski definition) is 2. The van der Waals surface area contributed by atoms with Gasteiger partial charge in [0.05, 0.1) is 20.2 Å². The predicted octanol–water partition coefficient (Wildman–Crippen LogP) is 6.75. The molecule has 3 aromatic rings. The summed E-state index contributed by atoms with van der Waals surface area (Å²) in [4.78, 5) is 27.7. The van der Waals surface area contributed by atoms with E-state index < -0.39 is 87.3 Å². The maximum atomic E-state index is 14.4. The first-order chi connectivity index (χ1) is 23.3. The SMILES string of the molecule is COc1ccc2c(c1-c1cccc3c(C[C@H](NC(=O)C4(C(F)(F)F)CCN(CC(F)(F)F)CC4)C(=O)O)cccc13)CN(CC(F)(F)F)CC2. The second-order valence-electron chi connectivity index (χ2n) is 12.7. The fraction of sp³-hybridized carbons (Fsp3) is 0.471. The molecule has 0 spiro atoms. The van der Waals surface area contributed by atoms with E-state index in [2.05, 4.69) is 0 Å². The van der Waals surface area contributed by atoms with Gasteiger partial charge in [0.1, 0.15) is 17.2 Å². The number of benzene rings is 3. The van der Waals surface area contributed by atoms with E-state index in [0.29, 0.717) is 45.2 Å². The molecule has 1 atom stereocenters. The topological polar surface area (TPSA) is 82.1 Å². The molecule has 2 N–H and O–H groups in total. The van der Waals surface area contributed by atoms with Gasteiger partial charge in [0.15, 0.2) is 0 Å². The van der Waals surface area contributed by atoms with Crippen molar-refractivity contribution >= 4 is 22.6 Å². The molecule has 1 fully saturated rings. The Labute approximate surface area is 281 Å². The number of halogens is 9. The molecule has 16 heteroatoms. The van der Waals surface area contributed by atoms with Gasteiger partial charge >= 0.3 is 24.5 Å². The summed E-state index contributed by atoms with van der Waals surface area (Å²) in [5.74, 6) is -2.86. The van der Waals surface area contributed by atoms with Crippen LogP contribution < -0.4 is 10.1 Å². The number of carboxylic acids is 1. The molecule has 0 aliphatic carbocycles. The number of alkyl halides is 9. The number of amides is 1. The normalized spacial score (nSPS) is 18.0. The Morgan fingerprint density at radius 3 is 2.08 bits per heavy atom. The van der Waals surface area contributed by atoms with E-state index in [1.807, 2.05) is 5.32 Å². The van der Waals surface area contributed by atoms with Gasteiger partial charge in [-0.15, -0.1) is 0 Å². The number of likely N-dealkylation sites (tertiary alicyclic amines) is 1. The molecule has 3 aromatic carbocycles. The smallest absolute Gasteiger partial charge is 0.403 e. The Bertz CT molecular complexity index is 1730. The number of carboxylic acid groups (broad SMARTS) is 1. The standard InChI is InChI=1S/C34H34F9N3O4/c1-50-27-9-8-20-10-13-46(19-33(38,39)40)17-25(20)28(27)24-7-3-5-22-21(4-2-6-23(22)24)16-26(29(47)48)44-30(49)31(34(41,42)43)11-14-45(15-12-31)18-32(35,36)37/h2-9,26H,10-19H2,1H3,(H,44,49)(H,47,48)/t26-/m0/s1. The fourth-order valence-corrected chi connectivity index (χ4v) is 6.99. The highest BCUT2D eigenvalue weighted by Crippen LogP contribution is 2.47. The Hall–Kier alpha value is -4.05. The molecule has 0 saturated carbocycles. The number of hydrogen-bond acceptors (Lipinski definition) is 5. The number of carbonyl (C=O) groups excluding carboxylic acids is 1. The number of piperidine rings is 1. The van der Waals surface area contributed by atoms with Crippen molar-refractivity contribution in [1.29, 1.82) is 0 Å². The summed E-state index contributed by atoms with van der Waals surface area (Å²) in [5, 5.41) is 13.1. The molecule has 272 valence electrons. The molecule has 1 amide bonds. The number of rotatable bonds is 9. The predicted molar refractivity (Wildman–Crippen MR) is 164 cm³/mol. The van der Waals surface area contributed by atoms with Crippen molar-refractivity contribution in [2.45, 2.75) is 56.8 Å². The second-order valence-corrected chi connectivity index (χ2v) is 12.7. The number of aliphatic carboxylic acids is 1. The lowest BCUT2D eigenvalue weighted by Crippen LogP contribution is -2.59. The Morgan fingerprint density at radius 1 is 0.860 bits per heavy atom. The van der Waals surface area contributed by atoms with Crippen LogP contribution in [0.2, 0.25) is 0 Å². The van der Waals surface area contributed by atoms with Gasteiger partial charge in [0.2, 0.25) is 5.91 Å². The van der Waals surface area contributed by atoms with E-state index in [-0.39, 0.29) is 13.1 Å². The zero-order chi connectivity index (χ0) is 36.6. The zero-order valence-electron chi connectivity index (χ0n) is 26.7.